The van der Waals surface area contributed by atoms with Crippen LogP contribution in [0.25, 0.3) is 0 Å². The molecular formula is C12H23FN2O. The van der Waals surface area contributed by atoms with Crippen molar-refractivity contribution in [3.8, 4) is 0 Å². The molecule has 4 heteroatoms. The minimum Gasteiger partial charge on any atom is -0.355 e. The molecule has 1 aliphatic rings. The molecule has 1 atom stereocenters. The molecule has 1 N–H and O–H groups in total. The van der Waals surface area contributed by atoms with Crippen LogP contribution in [-0.2, 0) is 4.79 Å². The van der Waals surface area contributed by atoms with Gasteiger partial charge in [0.15, 0.2) is 0 Å². The Morgan fingerprint density at radius 2 is 2.19 bits per heavy atom. The average Bonchev–Trinajstić information content (AvgIpc) is 2.49. The summed E-state index contributed by atoms with van der Waals surface area (Å²) in [6.45, 7) is 1.47. The van der Waals surface area contributed by atoms with Crippen molar-refractivity contribution in [3.63, 3.8) is 0 Å². The van der Waals surface area contributed by atoms with Crippen LogP contribution in [0.2, 0.25) is 0 Å². The van der Waals surface area contributed by atoms with E-state index in [9.17, 15) is 9.18 Å². The van der Waals surface area contributed by atoms with Crippen molar-refractivity contribution >= 4 is 5.91 Å². The van der Waals surface area contributed by atoms with Gasteiger partial charge in [-0.3, -0.25) is 14.1 Å². The van der Waals surface area contributed by atoms with Crippen LogP contribution in [0.15, 0.2) is 0 Å². The van der Waals surface area contributed by atoms with Gasteiger partial charge >= 0.3 is 0 Å². The smallest absolute Gasteiger partial charge is 0.237 e. The van der Waals surface area contributed by atoms with E-state index in [1.807, 2.05) is 7.05 Å². The summed E-state index contributed by atoms with van der Waals surface area (Å²) < 4.78 is 11.9. The molecule has 0 aromatic rings. The van der Waals surface area contributed by atoms with Gasteiger partial charge in [0.05, 0.1) is 12.7 Å². The fourth-order valence-corrected chi connectivity index (χ4v) is 2.13. The van der Waals surface area contributed by atoms with Crippen LogP contribution in [0.5, 0.6) is 0 Å². The van der Waals surface area contributed by atoms with Crippen molar-refractivity contribution in [3.05, 3.63) is 0 Å². The number of likely N-dealkylation sites (N-methyl/N-ethyl adjacent to an activating group) is 1. The number of hydrogen-bond donors (Lipinski definition) is 1. The van der Waals surface area contributed by atoms with Crippen LogP contribution >= 0.6 is 0 Å². The van der Waals surface area contributed by atoms with E-state index < -0.39 is 0 Å². The molecule has 0 aliphatic carbocycles. The number of nitrogens with zero attached hydrogens (tertiary/aromatic N) is 1. The van der Waals surface area contributed by atoms with Crippen LogP contribution < -0.4 is 5.32 Å². The summed E-state index contributed by atoms with van der Waals surface area (Å²) in [4.78, 5) is 13.8. The van der Waals surface area contributed by atoms with Crippen LogP contribution in [0.3, 0.4) is 0 Å². The summed E-state index contributed by atoms with van der Waals surface area (Å²) in [5.74, 6) is 0.158. The van der Waals surface area contributed by atoms with Gasteiger partial charge in [0.2, 0.25) is 5.91 Å². The Morgan fingerprint density at radius 1 is 1.38 bits per heavy atom. The standard InChI is InChI=1S/C12H23FN2O/c1-15(10-6-2-4-8-13)11-7-3-5-9-14-12(11)16/h11H,2-10H2,1H3,(H,14,16)/t11-/m0/s1. The van der Waals surface area contributed by atoms with E-state index in [0.717, 1.165) is 45.2 Å². The summed E-state index contributed by atoms with van der Waals surface area (Å²) >= 11 is 0. The maximum Gasteiger partial charge on any atom is 0.237 e. The van der Waals surface area contributed by atoms with Gasteiger partial charge in [-0.05, 0) is 52.1 Å². The molecule has 0 saturated carbocycles. The van der Waals surface area contributed by atoms with Gasteiger partial charge in [-0.1, -0.05) is 0 Å². The zero-order valence-corrected chi connectivity index (χ0v) is 10.2. The van der Waals surface area contributed by atoms with Gasteiger partial charge in [-0.2, -0.15) is 0 Å². The highest BCUT2D eigenvalue weighted by atomic mass is 19.1. The molecule has 1 amide bonds. The Morgan fingerprint density at radius 3 is 2.94 bits per heavy atom. The molecule has 1 rings (SSSR count). The van der Waals surface area contributed by atoms with E-state index in [4.69, 9.17) is 0 Å². The number of halogens is 1. The summed E-state index contributed by atoms with van der Waals surface area (Å²) in [5, 5.41) is 2.94. The zero-order chi connectivity index (χ0) is 11.8. The number of alkyl halides is 1. The number of rotatable bonds is 6. The van der Waals surface area contributed by atoms with E-state index in [1.165, 1.54) is 0 Å². The van der Waals surface area contributed by atoms with Crippen molar-refractivity contribution in [2.45, 2.75) is 44.6 Å². The van der Waals surface area contributed by atoms with Gasteiger partial charge in [0.25, 0.3) is 0 Å². The van der Waals surface area contributed by atoms with Gasteiger partial charge < -0.3 is 5.32 Å². The Hall–Kier alpha value is -0.640. The monoisotopic (exact) mass is 230 g/mol. The van der Waals surface area contributed by atoms with Crippen molar-refractivity contribution in [1.82, 2.24) is 10.2 Å². The lowest BCUT2D eigenvalue weighted by Gasteiger charge is -2.25. The normalized spacial score (nSPS) is 21.9. The highest BCUT2D eigenvalue weighted by molar-refractivity contribution is 5.81. The third-order valence-corrected chi connectivity index (χ3v) is 3.18. The van der Waals surface area contributed by atoms with Crippen molar-refractivity contribution in [2.75, 3.05) is 26.8 Å². The maximum absolute atomic E-state index is 11.9. The van der Waals surface area contributed by atoms with Crippen LogP contribution in [0, 0.1) is 0 Å². The number of nitrogens with one attached hydrogen (secondary N) is 1. The molecule has 16 heavy (non-hydrogen) atoms. The largest absolute Gasteiger partial charge is 0.355 e. The zero-order valence-electron chi connectivity index (χ0n) is 10.2. The number of amides is 1. The van der Waals surface area contributed by atoms with E-state index >= 15 is 0 Å². The molecule has 1 saturated heterocycles. The third-order valence-electron chi connectivity index (χ3n) is 3.18. The van der Waals surface area contributed by atoms with Crippen LogP contribution in [-0.4, -0.2) is 43.7 Å². The predicted octanol–water partition coefficient (Wildman–Crippen LogP) is 1.73. The first-order valence-electron chi connectivity index (χ1n) is 6.29. The topological polar surface area (TPSA) is 32.3 Å². The van der Waals surface area contributed by atoms with E-state index in [2.05, 4.69) is 10.2 Å². The first kappa shape index (κ1) is 13.4. The Balaban J connectivity index is 2.27. The molecule has 1 heterocycles. The van der Waals surface area contributed by atoms with Crippen molar-refractivity contribution < 1.29 is 9.18 Å². The lowest BCUT2D eigenvalue weighted by atomic mass is 10.1. The molecule has 0 spiro atoms. The lowest BCUT2D eigenvalue weighted by molar-refractivity contribution is -0.125. The van der Waals surface area contributed by atoms with Crippen LogP contribution in [0.4, 0.5) is 4.39 Å². The highest BCUT2D eigenvalue weighted by Crippen LogP contribution is 2.12. The lowest BCUT2D eigenvalue weighted by Crippen LogP contribution is -2.44. The average molecular weight is 230 g/mol. The third kappa shape index (κ3) is 4.47. The maximum atomic E-state index is 11.9. The molecule has 1 aliphatic heterocycles. The second-order valence-corrected chi connectivity index (χ2v) is 4.53. The molecule has 0 radical (unpaired) electrons. The molecule has 0 aromatic heterocycles. The molecular weight excluding hydrogens is 207 g/mol. The summed E-state index contributed by atoms with van der Waals surface area (Å²) in [7, 11) is 1.99. The van der Waals surface area contributed by atoms with Gasteiger partial charge in [-0.25, -0.2) is 0 Å². The number of hydrogen-bond acceptors (Lipinski definition) is 2. The summed E-state index contributed by atoms with van der Waals surface area (Å²) in [6, 6.07) is 0.0212. The first-order chi connectivity index (χ1) is 7.75. The minimum atomic E-state index is -0.229. The molecule has 0 bridgehead atoms. The number of carbonyl (C=O) groups excluding carboxylic acids is 1. The Kier molecular flexibility index (Phi) is 6.38. The highest BCUT2D eigenvalue weighted by Gasteiger charge is 2.23. The summed E-state index contributed by atoms with van der Waals surface area (Å²) in [5.41, 5.74) is 0. The van der Waals surface area contributed by atoms with Gasteiger partial charge in [0.1, 0.15) is 0 Å². The fourth-order valence-electron chi connectivity index (χ4n) is 2.13. The Labute approximate surface area is 97.4 Å². The second kappa shape index (κ2) is 7.60. The fraction of sp³-hybridized carbons (Fsp3) is 0.917. The molecule has 94 valence electrons. The Bertz CT molecular complexity index is 211. The van der Waals surface area contributed by atoms with Crippen molar-refractivity contribution in [2.24, 2.45) is 0 Å². The summed E-state index contributed by atoms with van der Waals surface area (Å²) in [6.07, 6.45) is 5.67. The van der Waals surface area contributed by atoms with Gasteiger partial charge in [0, 0.05) is 6.54 Å². The molecule has 0 unspecified atom stereocenters. The SMILES string of the molecule is CN(CCCCCF)[C@H]1CCCCNC1=O. The number of carbonyl (C=O) groups is 1. The first-order valence-corrected chi connectivity index (χ1v) is 6.29. The molecule has 1 fully saturated rings. The number of unbranched alkanes of at least 4 members (excludes halogenated alkanes) is 2. The van der Waals surface area contributed by atoms with Crippen molar-refractivity contribution in [1.29, 1.82) is 0 Å². The second-order valence-electron chi connectivity index (χ2n) is 4.53. The van der Waals surface area contributed by atoms with E-state index in [-0.39, 0.29) is 18.6 Å². The van der Waals surface area contributed by atoms with E-state index in [1.54, 1.807) is 0 Å². The predicted molar refractivity (Wildman–Crippen MR) is 63.1 cm³/mol. The molecule has 3 nitrogen and oxygen atoms in total. The van der Waals surface area contributed by atoms with E-state index in [0.29, 0.717) is 6.42 Å². The van der Waals surface area contributed by atoms with Gasteiger partial charge in [-0.15, -0.1) is 0 Å². The molecule has 0 aromatic carbocycles. The van der Waals surface area contributed by atoms with Crippen LogP contribution in [0.1, 0.15) is 38.5 Å². The quantitative estimate of drug-likeness (QED) is 0.705. The minimum absolute atomic E-state index is 0.0212.